The number of nitrogens with zero attached hydrogens (tertiary/aromatic N) is 3. The van der Waals surface area contributed by atoms with Crippen molar-refractivity contribution in [2.24, 2.45) is 5.92 Å². The fourth-order valence-electron chi connectivity index (χ4n) is 3.89. The SMILES string of the molecule is CCC(C)N1CCCN(CC2CCN(C(C)C)CC2)CC1. The van der Waals surface area contributed by atoms with Gasteiger partial charge < -0.3 is 9.80 Å². The van der Waals surface area contributed by atoms with Gasteiger partial charge in [0, 0.05) is 31.7 Å². The van der Waals surface area contributed by atoms with Crippen molar-refractivity contribution in [3.8, 4) is 0 Å². The minimum absolute atomic E-state index is 0.730. The third-order valence-electron chi connectivity index (χ3n) is 5.73. The average Bonchev–Trinajstić information content (AvgIpc) is 2.72. The van der Waals surface area contributed by atoms with Crippen LogP contribution in [0.25, 0.3) is 0 Å². The lowest BCUT2D eigenvalue weighted by Gasteiger charge is -2.36. The Hall–Kier alpha value is -0.120. The summed E-state index contributed by atoms with van der Waals surface area (Å²) >= 11 is 0. The van der Waals surface area contributed by atoms with Crippen molar-refractivity contribution in [1.29, 1.82) is 0 Å². The first kappa shape index (κ1) is 17.2. The van der Waals surface area contributed by atoms with Crippen LogP contribution in [0.2, 0.25) is 0 Å². The van der Waals surface area contributed by atoms with E-state index in [9.17, 15) is 0 Å². The molecule has 0 aliphatic carbocycles. The molecule has 0 aromatic rings. The number of rotatable bonds is 5. The summed E-state index contributed by atoms with van der Waals surface area (Å²) in [7, 11) is 0. The van der Waals surface area contributed by atoms with Crippen LogP contribution in [-0.4, -0.2) is 72.6 Å². The van der Waals surface area contributed by atoms with E-state index in [0.717, 1.165) is 18.0 Å². The van der Waals surface area contributed by atoms with Gasteiger partial charge >= 0.3 is 0 Å². The van der Waals surface area contributed by atoms with Crippen molar-refractivity contribution in [2.45, 2.75) is 65.5 Å². The maximum absolute atomic E-state index is 2.75. The highest BCUT2D eigenvalue weighted by Crippen LogP contribution is 2.21. The summed E-state index contributed by atoms with van der Waals surface area (Å²) in [6.45, 7) is 18.5. The highest BCUT2D eigenvalue weighted by molar-refractivity contribution is 4.79. The van der Waals surface area contributed by atoms with E-state index in [1.807, 2.05) is 0 Å². The van der Waals surface area contributed by atoms with E-state index in [2.05, 4.69) is 42.4 Å². The molecule has 0 spiro atoms. The van der Waals surface area contributed by atoms with Crippen molar-refractivity contribution >= 4 is 0 Å². The van der Waals surface area contributed by atoms with E-state index in [1.54, 1.807) is 0 Å². The normalized spacial score (nSPS) is 26.1. The zero-order chi connectivity index (χ0) is 15.2. The topological polar surface area (TPSA) is 9.72 Å². The molecule has 0 saturated carbocycles. The van der Waals surface area contributed by atoms with Crippen LogP contribution in [0, 0.1) is 5.92 Å². The summed E-state index contributed by atoms with van der Waals surface area (Å²) in [4.78, 5) is 8.09. The maximum atomic E-state index is 2.75. The minimum Gasteiger partial charge on any atom is -0.302 e. The van der Waals surface area contributed by atoms with E-state index in [-0.39, 0.29) is 0 Å². The molecule has 3 nitrogen and oxygen atoms in total. The van der Waals surface area contributed by atoms with Crippen LogP contribution < -0.4 is 0 Å². The first-order valence-corrected chi connectivity index (χ1v) is 9.30. The largest absolute Gasteiger partial charge is 0.302 e. The van der Waals surface area contributed by atoms with E-state index >= 15 is 0 Å². The van der Waals surface area contributed by atoms with Gasteiger partial charge in [-0.25, -0.2) is 0 Å². The Kier molecular flexibility index (Phi) is 6.97. The first-order valence-electron chi connectivity index (χ1n) is 9.30. The Morgan fingerprint density at radius 3 is 2.19 bits per heavy atom. The van der Waals surface area contributed by atoms with E-state index < -0.39 is 0 Å². The van der Waals surface area contributed by atoms with Gasteiger partial charge in [0.1, 0.15) is 0 Å². The van der Waals surface area contributed by atoms with Gasteiger partial charge in [-0.1, -0.05) is 6.92 Å². The van der Waals surface area contributed by atoms with Gasteiger partial charge in [0.15, 0.2) is 0 Å². The van der Waals surface area contributed by atoms with Gasteiger partial charge in [-0.3, -0.25) is 4.90 Å². The third kappa shape index (κ3) is 5.22. The predicted molar refractivity (Wildman–Crippen MR) is 91.8 cm³/mol. The molecular weight excluding hydrogens is 258 g/mol. The van der Waals surface area contributed by atoms with Gasteiger partial charge in [0.25, 0.3) is 0 Å². The van der Waals surface area contributed by atoms with Crippen LogP contribution in [0.4, 0.5) is 0 Å². The van der Waals surface area contributed by atoms with Crippen molar-refractivity contribution in [3.63, 3.8) is 0 Å². The fourth-order valence-corrected chi connectivity index (χ4v) is 3.89. The van der Waals surface area contributed by atoms with Crippen molar-refractivity contribution < 1.29 is 0 Å². The van der Waals surface area contributed by atoms with E-state index in [0.29, 0.717) is 0 Å². The van der Waals surface area contributed by atoms with Crippen LogP contribution in [0.3, 0.4) is 0 Å². The van der Waals surface area contributed by atoms with Gasteiger partial charge in [0.05, 0.1) is 0 Å². The lowest BCUT2D eigenvalue weighted by Crippen LogP contribution is -2.42. The third-order valence-corrected chi connectivity index (χ3v) is 5.73. The summed E-state index contributed by atoms with van der Waals surface area (Å²) in [5.74, 6) is 0.940. The number of likely N-dealkylation sites (tertiary alicyclic amines) is 1. The predicted octanol–water partition coefficient (Wildman–Crippen LogP) is 2.91. The molecule has 2 heterocycles. The zero-order valence-electron chi connectivity index (χ0n) is 14.9. The molecule has 124 valence electrons. The molecule has 1 unspecified atom stereocenters. The van der Waals surface area contributed by atoms with Crippen LogP contribution in [0.5, 0.6) is 0 Å². The highest BCUT2D eigenvalue weighted by Gasteiger charge is 2.24. The lowest BCUT2D eigenvalue weighted by atomic mass is 9.95. The quantitative estimate of drug-likeness (QED) is 0.772. The van der Waals surface area contributed by atoms with Crippen LogP contribution in [0.1, 0.15) is 53.4 Å². The van der Waals surface area contributed by atoms with Crippen LogP contribution >= 0.6 is 0 Å². The number of hydrogen-bond donors (Lipinski definition) is 0. The zero-order valence-corrected chi connectivity index (χ0v) is 14.9. The molecule has 0 bridgehead atoms. The van der Waals surface area contributed by atoms with E-state index in [4.69, 9.17) is 0 Å². The fraction of sp³-hybridized carbons (Fsp3) is 1.00. The molecule has 2 rings (SSSR count). The summed E-state index contributed by atoms with van der Waals surface area (Å²) in [6, 6.07) is 1.49. The molecular formula is C18H37N3. The standard InChI is InChI=1S/C18H37N3/c1-5-17(4)21-10-6-9-19(13-14-21)15-18-7-11-20(12-8-18)16(2)3/h16-18H,5-15H2,1-4H3. The Morgan fingerprint density at radius 1 is 0.857 bits per heavy atom. The molecule has 2 fully saturated rings. The molecule has 1 atom stereocenters. The minimum atomic E-state index is 0.730. The highest BCUT2D eigenvalue weighted by atomic mass is 15.2. The molecule has 0 aromatic heterocycles. The van der Waals surface area contributed by atoms with Crippen molar-refractivity contribution in [3.05, 3.63) is 0 Å². The molecule has 2 saturated heterocycles. The van der Waals surface area contributed by atoms with Crippen LogP contribution in [-0.2, 0) is 0 Å². The summed E-state index contributed by atoms with van der Waals surface area (Å²) in [5, 5.41) is 0. The molecule has 2 aliphatic rings. The summed E-state index contributed by atoms with van der Waals surface area (Å²) in [6.07, 6.45) is 5.45. The summed E-state index contributed by atoms with van der Waals surface area (Å²) < 4.78 is 0. The molecule has 2 aliphatic heterocycles. The Balaban J connectivity index is 1.72. The monoisotopic (exact) mass is 295 g/mol. The molecule has 21 heavy (non-hydrogen) atoms. The Bertz CT molecular complexity index is 284. The smallest absolute Gasteiger partial charge is 0.0112 e. The van der Waals surface area contributed by atoms with E-state index in [1.165, 1.54) is 71.5 Å². The molecule has 0 radical (unpaired) electrons. The van der Waals surface area contributed by atoms with Crippen molar-refractivity contribution in [1.82, 2.24) is 14.7 Å². The molecule has 0 aromatic carbocycles. The number of piperidine rings is 1. The first-order chi connectivity index (χ1) is 10.1. The lowest BCUT2D eigenvalue weighted by molar-refractivity contribution is 0.121. The second-order valence-electron chi connectivity index (χ2n) is 7.52. The Morgan fingerprint density at radius 2 is 1.57 bits per heavy atom. The average molecular weight is 296 g/mol. The molecule has 0 amide bonds. The number of hydrogen-bond acceptors (Lipinski definition) is 3. The summed E-state index contributed by atoms with van der Waals surface area (Å²) in [5.41, 5.74) is 0. The maximum Gasteiger partial charge on any atom is 0.0112 e. The van der Waals surface area contributed by atoms with Crippen molar-refractivity contribution in [2.75, 3.05) is 45.8 Å². The van der Waals surface area contributed by atoms with Gasteiger partial charge in [-0.2, -0.15) is 0 Å². The van der Waals surface area contributed by atoms with Gasteiger partial charge in [-0.15, -0.1) is 0 Å². The second-order valence-corrected chi connectivity index (χ2v) is 7.52. The molecule has 0 N–H and O–H groups in total. The Labute approximate surface area is 132 Å². The van der Waals surface area contributed by atoms with Crippen LogP contribution in [0.15, 0.2) is 0 Å². The second kappa shape index (κ2) is 8.50. The van der Waals surface area contributed by atoms with Gasteiger partial charge in [-0.05, 0) is 78.6 Å². The van der Waals surface area contributed by atoms with Gasteiger partial charge in [0.2, 0.25) is 0 Å². The molecule has 3 heteroatoms.